The van der Waals surface area contributed by atoms with E-state index in [1.54, 1.807) is 12.3 Å². The van der Waals surface area contributed by atoms with Crippen LogP contribution < -0.4 is 0 Å². The number of nitro benzene ring substituents is 1. The second-order valence-electron chi connectivity index (χ2n) is 5.13. The minimum Gasteiger partial charge on any atom is -0.378 e. The number of nitro groups is 1. The van der Waals surface area contributed by atoms with E-state index in [0.717, 1.165) is 11.8 Å². The van der Waals surface area contributed by atoms with Gasteiger partial charge in [0.05, 0.1) is 23.2 Å². The van der Waals surface area contributed by atoms with Crippen LogP contribution in [0.4, 0.5) is 5.69 Å². The molecule has 6 nitrogen and oxygen atoms in total. The second kappa shape index (κ2) is 4.72. The molecule has 1 aromatic carbocycles. The topological polar surface area (TPSA) is 85.2 Å². The summed E-state index contributed by atoms with van der Waals surface area (Å²) in [4.78, 5) is 25.7. The molecule has 1 fully saturated rings. The Balaban J connectivity index is 1.96. The molecule has 3 rings (SSSR count). The Morgan fingerprint density at radius 1 is 1.50 bits per heavy atom. The van der Waals surface area contributed by atoms with E-state index in [9.17, 15) is 14.9 Å². The number of nitrogens with zero attached hydrogens (tertiary/aromatic N) is 1. The van der Waals surface area contributed by atoms with Crippen LogP contribution in [0.25, 0.3) is 10.9 Å². The molecule has 0 bridgehead atoms. The summed E-state index contributed by atoms with van der Waals surface area (Å²) in [5.41, 5.74) is 1.20. The first-order chi connectivity index (χ1) is 9.56. The first kappa shape index (κ1) is 12.8. The second-order valence-corrected chi connectivity index (χ2v) is 5.13. The standard InChI is InChI=1S/C14H14N2O4/c1-8-4-9(7-20-8)14(17)12-6-15-13-5-10(16(18)19)2-3-11(12)13/h2-3,5-6,8-9,15H,4,7H2,1H3. The lowest BCUT2D eigenvalue weighted by molar-refractivity contribution is -0.384. The summed E-state index contributed by atoms with van der Waals surface area (Å²) in [6.45, 7) is 2.39. The third-order valence-electron chi connectivity index (χ3n) is 3.71. The van der Waals surface area contributed by atoms with Crippen LogP contribution in [0.15, 0.2) is 24.4 Å². The number of rotatable bonds is 3. The number of ether oxygens (including phenoxy) is 1. The number of benzene rings is 1. The predicted octanol–water partition coefficient (Wildman–Crippen LogP) is 2.68. The van der Waals surface area contributed by atoms with Gasteiger partial charge in [0.25, 0.3) is 5.69 Å². The normalized spacial score (nSPS) is 22.2. The number of aromatic amines is 1. The Bertz CT molecular complexity index is 692. The van der Waals surface area contributed by atoms with Crippen molar-refractivity contribution in [3.63, 3.8) is 0 Å². The lowest BCUT2D eigenvalue weighted by atomic mass is 9.95. The van der Waals surface area contributed by atoms with Gasteiger partial charge in [-0.1, -0.05) is 0 Å². The van der Waals surface area contributed by atoms with E-state index in [-0.39, 0.29) is 23.5 Å². The molecule has 0 radical (unpaired) electrons. The van der Waals surface area contributed by atoms with Crippen LogP contribution in [0, 0.1) is 16.0 Å². The fourth-order valence-electron chi connectivity index (χ4n) is 2.65. The highest BCUT2D eigenvalue weighted by Crippen LogP contribution is 2.28. The third kappa shape index (κ3) is 2.08. The molecule has 2 atom stereocenters. The summed E-state index contributed by atoms with van der Waals surface area (Å²) >= 11 is 0. The molecule has 2 aromatic rings. The quantitative estimate of drug-likeness (QED) is 0.529. The van der Waals surface area contributed by atoms with Crippen molar-refractivity contribution >= 4 is 22.4 Å². The van der Waals surface area contributed by atoms with E-state index in [1.165, 1.54) is 12.1 Å². The number of H-pyrrole nitrogens is 1. The van der Waals surface area contributed by atoms with Crippen molar-refractivity contribution in [3.05, 3.63) is 40.1 Å². The number of nitrogens with one attached hydrogen (secondary N) is 1. The minimum absolute atomic E-state index is 0.0103. The number of hydrogen-bond acceptors (Lipinski definition) is 4. The van der Waals surface area contributed by atoms with Crippen LogP contribution in [0.2, 0.25) is 0 Å². The van der Waals surface area contributed by atoms with Crippen LogP contribution in [0.3, 0.4) is 0 Å². The largest absolute Gasteiger partial charge is 0.378 e. The van der Waals surface area contributed by atoms with Gasteiger partial charge in [0.15, 0.2) is 5.78 Å². The average Bonchev–Trinajstić information content (AvgIpc) is 3.03. The van der Waals surface area contributed by atoms with Crippen molar-refractivity contribution in [1.82, 2.24) is 4.98 Å². The highest BCUT2D eigenvalue weighted by Gasteiger charge is 2.30. The van der Waals surface area contributed by atoms with E-state index >= 15 is 0 Å². The Kier molecular flexibility index (Phi) is 3.02. The molecule has 1 aliphatic heterocycles. The number of ketones is 1. The van der Waals surface area contributed by atoms with Crippen LogP contribution in [0.1, 0.15) is 23.7 Å². The van der Waals surface area contributed by atoms with Gasteiger partial charge >= 0.3 is 0 Å². The van der Waals surface area contributed by atoms with Gasteiger partial charge in [0, 0.05) is 35.2 Å². The zero-order valence-electron chi connectivity index (χ0n) is 11.0. The SMILES string of the molecule is CC1CC(C(=O)c2c[nH]c3cc([N+](=O)[O-])ccc23)CO1. The van der Waals surface area contributed by atoms with Gasteiger partial charge in [-0.05, 0) is 19.4 Å². The summed E-state index contributed by atoms with van der Waals surface area (Å²) in [5.74, 6) is -0.0892. The Morgan fingerprint density at radius 3 is 2.95 bits per heavy atom. The number of aromatic nitrogens is 1. The highest BCUT2D eigenvalue weighted by molar-refractivity contribution is 6.09. The van der Waals surface area contributed by atoms with Gasteiger partial charge in [0.2, 0.25) is 0 Å². The maximum Gasteiger partial charge on any atom is 0.271 e. The van der Waals surface area contributed by atoms with Crippen molar-refractivity contribution in [2.45, 2.75) is 19.4 Å². The van der Waals surface area contributed by atoms with Gasteiger partial charge < -0.3 is 9.72 Å². The van der Waals surface area contributed by atoms with Crippen molar-refractivity contribution < 1.29 is 14.5 Å². The molecule has 2 unspecified atom stereocenters. The molecular weight excluding hydrogens is 260 g/mol. The molecule has 1 aromatic heterocycles. The van der Waals surface area contributed by atoms with Crippen LogP contribution in [0.5, 0.6) is 0 Å². The first-order valence-electron chi connectivity index (χ1n) is 6.47. The number of carbonyl (C=O) groups is 1. The lowest BCUT2D eigenvalue weighted by Gasteiger charge is -2.05. The van der Waals surface area contributed by atoms with Gasteiger partial charge in [-0.25, -0.2) is 0 Å². The Hall–Kier alpha value is -2.21. The first-order valence-corrected chi connectivity index (χ1v) is 6.47. The van der Waals surface area contributed by atoms with E-state index in [1.807, 2.05) is 6.92 Å². The number of Topliss-reactive ketones (excluding diaryl/α,β-unsaturated/α-hetero) is 1. The molecule has 0 aliphatic carbocycles. The van der Waals surface area contributed by atoms with Crippen LogP contribution in [-0.4, -0.2) is 28.4 Å². The summed E-state index contributed by atoms with van der Waals surface area (Å²) in [6.07, 6.45) is 2.45. The van der Waals surface area contributed by atoms with Gasteiger partial charge in [0.1, 0.15) is 0 Å². The Labute approximate surface area is 114 Å². The van der Waals surface area contributed by atoms with E-state index in [0.29, 0.717) is 17.7 Å². The summed E-state index contributed by atoms with van der Waals surface area (Å²) in [6, 6.07) is 4.48. The monoisotopic (exact) mass is 274 g/mol. The molecule has 1 N–H and O–H groups in total. The van der Waals surface area contributed by atoms with E-state index in [2.05, 4.69) is 4.98 Å². The smallest absolute Gasteiger partial charge is 0.271 e. The van der Waals surface area contributed by atoms with Gasteiger partial charge in [-0.2, -0.15) is 0 Å². The molecule has 0 spiro atoms. The maximum absolute atomic E-state index is 12.5. The number of fused-ring (bicyclic) bond motifs is 1. The number of hydrogen-bond donors (Lipinski definition) is 1. The fraction of sp³-hybridized carbons (Fsp3) is 0.357. The fourth-order valence-corrected chi connectivity index (χ4v) is 2.65. The summed E-state index contributed by atoms with van der Waals surface area (Å²) < 4.78 is 5.43. The molecule has 0 amide bonds. The summed E-state index contributed by atoms with van der Waals surface area (Å²) in [5, 5.41) is 11.5. The van der Waals surface area contributed by atoms with Crippen molar-refractivity contribution in [3.8, 4) is 0 Å². The van der Waals surface area contributed by atoms with E-state index < -0.39 is 4.92 Å². The van der Waals surface area contributed by atoms with Crippen LogP contribution >= 0.6 is 0 Å². The highest BCUT2D eigenvalue weighted by atomic mass is 16.6. The molecule has 20 heavy (non-hydrogen) atoms. The zero-order valence-corrected chi connectivity index (χ0v) is 11.0. The average molecular weight is 274 g/mol. The lowest BCUT2D eigenvalue weighted by Crippen LogP contribution is -2.14. The molecule has 2 heterocycles. The van der Waals surface area contributed by atoms with E-state index in [4.69, 9.17) is 4.74 Å². The molecule has 0 saturated carbocycles. The van der Waals surface area contributed by atoms with Crippen molar-refractivity contribution in [2.24, 2.45) is 5.92 Å². The zero-order chi connectivity index (χ0) is 14.3. The van der Waals surface area contributed by atoms with Crippen molar-refractivity contribution in [2.75, 3.05) is 6.61 Å². The molecule has 1 saturated heterocycles. The van der Waals surface area contributed by atoms with Crippen molar-refractivity contribution in [1.29, 1.82) is 0 Å². The number of carbonyl (C=O) groups excluding carboxylic acids is 1. The molecule has 104 valence electrons. The molecule has 6 heteroatoms. The maximum atomic E-state index is 12.5. The third-order valence-corrected chi connectivity index (χ3v) is 3.71. The molecular formula is C14H14N2O4. The van der Waals surface area contributed by atoms with Crippen LogP contribution in [-0.2, 0) is 4.74 Å². The number of non-ortho nitro benzene ring substituents is 1. The van der Waals surface area contributed by atoms with Gasteiger partial charge in [-0.15, -0.1) is 0 Å². The Morgan fingerprint density at radius 2 is 2.30 bits per heavy atom. The minimum atomic E-state index is -0.450. The summed E-state index contributed by atoms with van der Waals surface area (Å²) in [7, 11) is 0. The predicted molar refractivity (Wildman–Crippen MR) is 72.8 cm³/mol. The van der Waals surface area contributed by atoms with Gasteiger partial charge in [-0.3, -0.25) is 14.9 Å². The molecule has 1 aliphatic rings.